The molecular formula is C24H23BrN4O2. The normalized spacial score (nSPS) is 11.4. The number of benzene rings is 2. The summed E-state index contributed by atoms with van der Waals surface area (Å²) in [7, 11) is 4.04. The molecule has 0 radical (unpaired) electrons. The molecule has 0 saturated carbocycles. The molecule has 158 valence electrons. The first-order valence-electron chi connectivity index (χ1n) is 9.82. The maximum Gasteiger partial charge on any atom is 0.307 e. The Bertz CT molecular complexity index is 1280. The topological polar surface area (TPSA) is 62.8 Å². The van der Waals surface area contributed by atoms with E-state index in [-0.39, 0.29) is 5.76 Å². The molecule has 0 aliphatic rings. The van der Waals surface area contributed by atoms with Crippen molar-refractivity contribution in [2.24, 2.45) is 5.10 Å². The highest BCUT2D eigenvalue weighted by Crippen LogP contribution is 2.24. The molecule has 2 aromatic carbocycles. The molecule has 0 saturated heterocycles. The highest BCUT2D eigenvalue weighted by Gasteiger charge is 2.13. The summed E-state index contributed by atoms with van der Waals surface area (Å²) in [5.41, 5.74) is 8.50. The van der Waals surface area contributed by atoms with Gasteiger partial charge >= 0.3 is 5.91 Å². The van der Waals surface area contributed by atoms with Gasteiger partial charge in [-0.3, -0.25) is 4.79 Å². The maximum atomic E-state index is 12.4. The molecular weight excluding hydrogens is 456 g/mol. The lowest BCUT2D eigenvalue weighted by atomic mass is 10.2. The Morgan fingerprint density at radius 3 is 2.55 bits per heavy atom. The van der Waals surface area contributed by atoms with Crippen LogP contribution in [-0.2, 0) is 0 Å². The van der Waals surface area contributed by atoms with Crippen LogP contribution in [0.1, 0.15) is 27.5 Å². The van der Waals surface area contributed by atoms with Crippen molar-refractivity contribution in [3.63, 3.8) is 0 Å². The monoisotopic (exact) mass is 478 g/mol. The molecule has 1 N–H and O–H groups in total. The Morgan fingerprint density at radius 2 is 1.84 bits per heavy atom. The van der Waals surface area contributed by atoms with Crippen molar-refractivity contribution in [3.05, 3.63) is 81.8 Å². The van der Waals surface area contributed by atoms with E-state index in [1.807, 2.05) is 45.3 Å². The molecule has 0 bridgehead atoms. The van der Waals surface area contributed by atoms with Crippen molar-refractivity contribution in [2.45, 2.75) is 13.8 Å². The molecule has 0 aliphatic heterocycles. The smallest absolute Gasteiger partial charge is 0.307 e. The fourth-order valence-electron chi connectivity index (χ4n) is 3.56. The Labute approximate surface area is 189 Å². The Morgan fingerprint density at radius 1 is 1.10 bits per heavy atom. The minimum atomic E-state index is -0.392. The van der Waals surface area contributed by atoms with Crippen LogP contribution in [0, 0.1) is 13.8 Å². The van der Waals surface area contributed by atoms with Crippen LogP contribution in [0.4, 0.5) is 5.69 Å². The summed E-state index contributed by atoms with van der Waals surface area (Å²) in [6.45, 7) is 4.09. The van der Waals surface area contributed by atoms with Gasteiger partial charge in [0.2, 0.25) is 0 Å². The predicted octanol–water partition coefficient (Wildman–Crippen LogP) is 5.43. The number of carbonyl (C=O) groups is 1. The van der Waals surface area contributed by atoms with Crippen LogP contribution in [0.2, 0.25) is 0 Å². The number of hydrazone groups is 1. The third-order valence-electron chi connectivity index (χ3n) is 5.17. The van der Waals surface area contributed by atoms with Crippen LogP contribution in [0.3, 0.4) is 0 Å². The zero-order valence-corrected chi connectivity index (χ0v) is 19.4. The molecule has 4 aromatic rings. The number of amides is 1. The summed E-state index contributed by atoms with van der Waals surface area (Å²) < 4.78 is 8.70. The first-order chi connectivity index (χ1) is 14.8. The molecule has 0 atom stereocenters. The summed E-state index contributed by atoms with van der Waals surface area (Å²) in [6, 6.07) is 17.7. The standard InChI is InChI=1S/C24H23BrN4O2/c1-15-11-18(16(2)29(15)21-8-6-20(7-9-21)28(3)4)14-26-27-24(30)23-13-17-12-19(25)5-10-22(17)31-23/h5-14H,1-4H3,(H,27,30). The van der Waals surface area contributed by atoms with Crippen LogP contribution < -0.4 is 10.3 Å². The largest absolute Gasteiger partial charge is 0.451 e. The van der Waals surface area contributed by atoms with Crippen molar-refractivity contribution in [3.8, 4) is 5.69 Å². The number of carbonyl (C=O) groups excluding carboxylic acids is 1. The predicted molar refractivity (Wildman–Crippen MR) is 129 cm³/mol. The number of nitrogens with zero attached hydrogens (tertiary/aromatic N) is 3. The third-order valence-corrected chi connectivity index (χ3v) is 5.66. The number of furan rings is 1. The maximum absolute atomic E-state index is 12.4. The van der Waals surface area contributed by atoms with Gasteiger partial charge in [0.25, 0.3) is 0 Å². The quantitative estimate of drug-likeness (QED) is 0.307. The lowest BCUT2D eigenvalue weighted by Crippen LogP contribution is -2.16. The SMILES string of the molecule is Cc1cc(C=NNC(=O)c2cc3cc(Br)ccc3o2)c(C)n1-c1ccc(N(C)C)cc1. The van der Waals surface area contributed by atoms with Gasteiger partial charge in [-0.15, -0.1) is 0 Å². The number of rotatable bonds is 5. The molecule has 0 spiro atoms. The van der Waals surface area contributed by atoms with Crippen LogP contribution in [0.5, 0.6) is 0 Å². The van der Waals surface area contributed by atoms with Crippen molar-refractivity contribution in [1.82, 2.24) is 9.99 Å². The minimum Gasteiger partial charge on any atom is -0.451 e. The summed E-state index contributed by atoms with van der Waals surface area (Å²) in [5, 5.41) is 4.99. The molecule has 0 aliphatic carbocycles. The summed E-state index contributed by atoms with van der Waals surface area (Å²) >= 11 is 3.42. The number of aryl methyl sites for hydroxylation is 1. The van der Waals surface area contributed by atoms with E-state index in [0.29, 0.717) is 5.58 Å². The van der Waals surface area contributed by atoms with Gasteiger partial charge in [-0.2, -0.15) is 5.10 Å². The van der Waals surface area contributed by atoms with Crippen molar-refractivity contribution in [1.29, 1.82) is 0 Å². The lowest BCUT2D eigenvalue weighted by molar-refractivity contribution is 0.0929. The van der Waals surface area contributed by atoms with Gasteiger partial charge in [0, 0.05) is 52.3 Å². The second-order valence-electron chi connectivity index (χ2n) is 7.56. The number of nitrogens with one attached hydrogen (secondary N) is 1. The van der Waals surface area contributed by atoms with E-state index in [2.05, 4.69) is 67.1 Å². The summed E-state index contributed by atoms with van der Waals surface area (Å²) in [4.78, 5) is 14.5. The molecule has 2 aromatic heterocycles. The zero-order chi connectivity index (χ0) is 22.1. The molecule has 1 amide bonds. The van der Waals surface area contributed by atoms with Gasteiger partial charge in [0.05, 0.1) is 6.21 Å². The fraction of sp³-hybridized carbons (Fsp3) is 0.167. The molecule has 31 heavy (non-hydrogen) atoms. The van der Waals surface area contributed by atoms with E-state index >= 15 is 0 Å². The average Bonchev–Trinajstić information content (AvgIpc) is 3.28. The number of fused-ring (bicyclic) bond motifs is 1. The van der Waals surface area contributed by atoms with Crippen LogP contribution in [0.25, 0.3) is 16.7 Å². The fourth-order valence-corrected chi connectivity index (χ4v) is 3.94. The van der Waals surface area contributed by atoms with E-state index in [0.717, 1.165) is 38.2 Å². The molecule has 6 nitrogen and oxygen atoms in total. The Balaban J connectivity index is 1.51. The van der Waals surface area contributed by atoms with Gasteiger partial charge in [-0.1, -0.05) is 15.9 Å². The van der Waals surface area contributed by atoms with Crippen LogP contribution in [-0.4, -0.2) is 30.8 Å². The first kappa shape index (κ1) is 20.9. The van der Waals surface area contributed by atoms with E-state index in [4.69, 9.17) is 4.42 Å². The van der Waals surface area contributed by atoms with Gasteiger partial charge in [-0.05, 0) is 68.4 Å². The van der Waals surface area contributed by atoms with Crippen molar-refractivity contribution in [2.75, 3.05) is 19.0 Å². The number of halogens is 1. The number of hydrogen-bond acceptors (Lipinski definition) is 4. The lowest BCUT2D eigenvalue weighted by Gasteiger charge is -2.14. The number of hydrogen-bond donors (Lipinski definition) is 1. The molecule has 2 heterocycles. The summed E-state index contributed by atoms with van der Waals surface area (Å²) in [6.07, 6.45) is 1.66. The minimum absolute atomic E-state index is 0.219. The van der Waals surface area contributed by atoms with E-state index < -0.39 is 5.91 Å². The average molecular weight is 479 g/mol. The first-order valence-corrected chi connectivity index (χ1v) is 10.6. The highest BCUT2D eigenvalue weighted by molar-refractivity contribution is 9.10. The van der Waals surface area contributed by atoms with Crippen molar-refractivity contribution < 1.29 is 9.21 Å². The number of anilines is 1. The van der Waals surface area contributed by atoms with Gasteiger partial charge < -0.3 is 13.9 Å². The third kappa shape index (κ3) is 4.27. The van der Waals surface area contributed by atoms with E-state index in [1.54, 1.807) is 12.3 Å². The van der Waals surface area contributed by atoms with Crippen LogP contribution >= 0.6 is 15.9 Å². The van der Waals surface area contributed by atoms with Gasteiger partial charge in [0.1, 0.15) is 5.58 Å². The highest BCUT2D eigenvalue weighted by atomic mass is 79.9. The second-order valence-corrected chi connectivity index (χ2v) is 8.48. The van der Waals surface area contributed by atoms with Crippen molar-refractivity contribution >= 4 is 44.7 Å². The molecule has 7 heteroatoms. The van der Waals surface area contributed by atoms with E-state index in [9.17, 15) is 4.79 Å². The Kier molecular flexibility index (Phi) is 5.69. The molecule has 4 rings (SSSR count). The van der Waals surface area contributed by atoms with Crippen LogP contribution in [0.15, 0.2) is 68.6 Å². The van der Waals surface area contributed by atoms with Gasteiger partial charge in [-0.25, -0.2) is 5.43 Å². The zero-order valence-electron chi connectivity index (χ0n) is 17.8. The molecule has 0 unspecified atom stereocenters. The van der Waals surface area contributed by atoms with E-state index in [1.165, 1.54) is 0 Å². The number of aromatic nitrogens is 1. The Hall–Kier alpha value is -3.32. The summed E-state index contributed by atoms with van der Waals surface area (Å²) in [5.74, 6) is -0.173. The van der Waals surface area contributed by atoms with Gasteiger partial charge in [0.15, 0.2) is 5.76 Å². The second kappa shape index (κ2) is 8.43. The molecule has 0 fully saturated rings.